The van der Waals surface area contributed by atoms with Gasteiger partial charge < -0.3 is 11.1 Å². The van der Waals surface area contributed by atoms with E-state index in [1.807, 2.05) is 25.6 Å². The van der Waals surface area contributed by atoms with Gasteiger partial charge >= 0.3 is 0 Å². The Morgan fingerprint density at radius 1 is 1.45 bits per heavy atom. The minimum absolute atomic E-state index is 0.261. The van der Waals surface area contributed by atoms with Crippen molar-refractivity contribution in [1.29, 1.82) is 0 Å². The number of benzene rings is 1. The summed E-state index contributed by atoms with van der Waals surface area (Å²) in [4.78, 5) is 11.5. The molecule has 0 aromatic heterocycles. The van der Waals surface area contributed by atoms with E-state index < -0.39 is 5.54 Å². The van der Waals surface area contributed by atoms with E-state index in [0.717, 1.165) is 30.9 Å². The third-order valence-corrected chi connectivity index (χ3v) is 4.54. The van der Waals surface area contributed by atoms with Gasteiger partial charge in [0.2, 0.25) is 5.91 Å². The Labute approximate surface area is 126 Å². The van der Waals surface area contributed by atoms with Crippen molar-refractivity contribution in [2.24, 2.45) is 5.73 Å². The number of rotatable bonds is 9. The summed E-state index contributed by atoms with van der Waals surface area (Å²) >= 11 is 1.91. The Hall–Kier alpha value is -1.00. The highest BCUT2D eigenvalue weighted by atomic mass is 32.2. The van der Waals surface area contributed by atoms with Crippen LogP contribution in [0.2, 0.25) is 0 Å². The summed E-state index contributed by atoms with van der Waals surface area (Å²) in [6.45, 7) is 6.76. The van der Waals surface area contributed by atoms with Crippen LogP contribution in [0.25, 0.3) is 0 Å². The SMILES string of the molecule is CCNC(C)(CCCSCc1cccc(C)c1)C(N)=O. The second-order valence-corrected chi connectivity index (χ2v) is 6.48. The zero-order valence-corrected chi connectivity index (χ0v) is 13.6. The monoisotopic (exact) mass is 294 g/mol. The molecule has 0 fully saturated rings. The molecule has 4 heteroatoms. The van der Waals surface area contributed by atoms with E-state index in [1.54, 1.807) is 0 Å². The molecule has 112 valence electrons. The molecule has 0 aliphatic carbocycles. The zero-order chi connectivity index (χ0) is 15.0. The lowest BCUT2D eigenvalue weighted by molar-refractivity contribution is -0.124. The molecule has 0 radical (unpaired) electrons. The summed E-state index contributed by atoms with van der Waals surface area (Å²) in [5.41, 5.74) is 7.56. The first kappa shape index (κ1) is 17.1. The average Bonchev–Trinajstić information content (AvgIpc) is 2.38. The molecule has 20 heavy (non-hydrogen) atoms. The summed E-state index contributed by atoms with van der Waals surface area (Å²) in [5, 5.41) is 3.19. The fraction of sp³-hybridized carbons (Fsp3) is 0.562. The van der Waals surface area contributed by atoms with Crippen LogP contribution in [0.5, 0.6) is 0 Å². The first-order valence-electron chi connectivity index (χ1n) is 7.16. The molecule has 1 unspecified atom stereocenters. The van der Waals surface area contributed by atoms with E-state index in [-0.39, 0.29) is 5.91 Å². The Morgan fingerprint density at radius 2 is 2.20 bits per heavy atom. The van der Waals surface area contributed by atoms with Crippen LogP contribution in [0.15, 0.2) is 24.3 Å². The van der Waals surface area contributed by atoms with Gasteiger partial charge in [-0.1, -0.05) is 36.8 Å². The van der Waals surface area contributed by atoms with Crippen molar-refractivity contribution in [3.8, 4) is 0 Å². The van der Waals surface area contributed by atoms with E-state index >= 15 is 0 Å². The van der Waals surface area contributed by atoms with Crippen molar-refractivity contribution in [3.05, 3.63) is 35.4 Å². The minimum atomic E-state index is -0.571. The quantitative estimate of drug-likeness (QED) is 0.689. The van der Waals surface area contributed by atoms with E-state index in [1.165, 1.54) is 11.1 Å². The number of nitrogens with one attached hydrogen (secondary N) is 1. The van der Waals surface area contributed by atoms with Crippen molar-refractivity contribution >= 4 is 17.7 Å². The van der Waals surface area contributed by atoms with Gasteiger partial charge in [-0.25, -0.2) is 0 Å². The maximum atomic E-state index is 11.5. The van der Waals surface area contributed by atoms with Crippen molar-refractivity contribution in [2.45, 2.75) is 44.9 Å². The lowest BCUT2D eigenvalue weighted by Gasteiger charge is -2.26. The second kappa shape index (κ2) is 8.32. The number of hydrogen-bond donors (Lipinski definition) is 2. The van der Waals surface area contributed by atoms with Crippen LogP contribution >= 0.6 is 11.8 Å². The molecular weight excluding hydrogens is 268 g/mol. The minimum Gasteiger partial charge on any atom is -0.368 e. The third kappa shape index (κ3) is 5.55. The number of hydrogen-bond acceptors (Lipinski definition) is 3. The lowest BCUT2D eigenvalue weighted by atomic mass is 9.95. The van der Waals surface area contributed by atoms with Gasteiger partial charge in [-0.15, -0.1) is 0 Å². The van der Waals surface area contributed by atoms with Crippen molar-refractivity contribution in [2.75, 3.05) is 12.3 Å². The van der Waals surface area contributed by atoms with Crippen LogP contribution in [0.1, 0.15) is 37.8 Å². The topological polar surface area (TPSA) is 55.1 Å². The molecule has 1 aromatic carbocycles. The van der Waals surface area contributed by atoms with Crippen LogP contribution in [0, 0.1) is 6.92 Å². The van der Waals surface area contributed by atoms with E-state index in [0.29, 0.717) is 0 Å². The number of thioether (sulfide) groups is 1. The number of aryl methyl sites for hydroxylation is 1. The Kier molecular flexibility index (Phi) is 7.10. The normalized spacial score (nSPS) is 13.9. The molecule has 0 aliphatic heterocycles. The zero-order valence-electron chi connectivity index (χ0n) is 12.7. The predicted molar refractivity (Wildman–Crippen MR) is 87.9 cm³/mol. The highest BCUT2D eigenvalue weighted by molar-refractivity contribution is 7.98. The van der Waals surface area contributed by atoms with Crippen LogP contribution < -0.4 is 11.1 Å². The first-order valence-corrected chi connectivity index (χ1v) is 8.31. The molecule has 0 saturated heterocycles. The maximum absolute atomic E-state index is 11.5. The van der Waals surface area contributed by atoms with Crippen molar-refractivity contribution in [1.82, 2.24) is 5.32 Å². The Morgan fingerprint density at radius 3 is 2.80 bits per heavy atom. The van der Waals surface area contributed by atoms with E-state index in [4.69, 9.17) is 5.73 Å². The molecule has 1 amide bonds. The second-order valence-electron chi connectivity index (χ2n) is 5.37. The van der Waals surface area contributed by atoms with Gasteiger partial charge in [0.1, 0.15) is 0 Å². The van der Waals surface area contributed by atoms with Gasteiger partial charge in [0.05, 0.1) is 5.54 Å². The summed E-state index contributed by atoms with van der Waals surface area (Å²) < 4.78 is 0. The molecule has 0 heterocycles. The predicted octanol–water partition coefficient (Wildman–Crippen LogP) is 2.86. The molecule has 1 atom stereocenters. The van der Waals surface area contributed by atoms with E-state index in [9.17, 15) is 4.79 Å². The Balaban J connectivity index is 2.29. The molecular formula is C16H26N2OS. The number of nitrogens with two attached hydrogens (primary N) is 1. The van der Waals surface area contributed by atoms with Gasteiger partial charge in [-0.2, -0.15) is 11.8 Å². The number of carbonyl (C=O) groups excluding carboxylic acids is 1. The fourth-order valence-corrected chi connectivity index (χ4v) is 3.12. The summed E-state index contributed by atoms with van der Waals surface area (Å²) in [5.74, 6) is 1.81. The number of likely N-dealkylation sites (N-methyl/N-ethyl adjacent to an activating group) is 1. The molecule has 3 nitrogen and oxygen atoms in total. The van der Waals surface area contributed by atoms with Gasteiger partial charge in [0.15, 0.2) is 0 Å². The number of primary amides is 1. The summed E-state index contributed by atoms with van der Waals surface area (Å²) in [6.07, 6.45) is 1.78. The van der Waals surface area contributed by atoms with Gasteiger partial charge in [-0.05, 0) is 44.6 Å². The lowest BCUT2D eigenvalue weighted by Crippen LogP contribution is -2.53. The highest BCUT2D eigenvalue weighted by Crippen LogP contribution is 2.18. The largest absolute Gasteiger partial charge is 0.368 e. The van der Waals surface area contributed by atoms with Gasteiger partial charge in [-0.3, -0.25) is 4.79 Å². The van der Waals surface area contributed by atoms with Crippen LogP contribution in [0.3, 0.4) is 0 Å². The molecule has 0 spiro atoms. The third-order valence-electron chi connectivity index (χ3n) is 3.43. The molecule has 0 saturated carbocycles. The van der Waals surface area contributed by atoms with Gasteiger partial charge in [0.25, 0.3) is 0 Å². The maximum Gasteiger partial charge on any atom is 0.237 e. The van der Waals surface area contributed by atoms with Crippen LogP contribution in [-0.4, -0.2) is 23.7 Å². The molecule has 0 bridgehead atoms. The smallest absolute Gasteiger partial charge is 0.237 e. The highest BCUT2D eigenvalue weighted by Gasteiger charge is 2.28. The molecule has 3 N–H and O–H groups in total. The number of carbonyl (C=O) groups is 1. The number of amides is 1. The standard InChI is InChI=1S/C16H26N2OS/c1-4-18-16(3,15(17)19)9-6-10-20-12-14-8-5-7-13(2)11-14/h5,7-8,11,18H,4,6,9-10,12H2,1-3H3,(H2,17,19). The fourth-order valence-electron chi connectivity index (χ4n) is 2.21. The van der Waals surface area contributed by atoms with E-state index in [2.05, 4.69) is 36.5 Å². The Bertz CT molecular complexity index is 436. The summed E-state index contributed by atoms with van der Waals surface area (Å²) in [6, 6.07) is 8.59. The van der Waals surface area contributed by atoms with Crippen molar-refractivity contribution < 1.29 is 4.79 Å². The first-order chi connectivity index (χ1) is 9.48. The van der Waals surface area contributed by atoms with Crippen LogP contribution in [0.4, 0.5) is 0 Å². The van der Waals surface area contributed by atoms with Crippen LogP contribution in [-0.2, 0) is 10.5 Å². The van der Waals surface area contributed by atoms with Gasteiger partial charge in [0, 0.05) is 5.75 Å². The van der Waals surface area contributed by atoms with Crippen molar-refractivity contribution in [3.63, 3.8) is 0 Å². The average molecular weight is 294 g/mol. The summed E-state index contributed by atoms with van der Waals surface area (Å²) in [7, 11) is 0. The molecule has 1 rings (SSSR count). The molecule has 1 aromatic rings. The molecule has 0 aliphatic rings.